The van der Waals surface area contributed by atoms with E-state index in [-0.39, 0.29) is 18.4 Å². The van der Waals surface area contributed by atoms with Crippen molar-refractivity contribution in [2.24, 2.45) is 0 Å². The van der Waals surface area contributed by atoms with Crippen LogP contribution in [0, 0.1) is 0 Å². The van der Waals surface area contributed by atoms with E-state index in [1.54, 1.807) is 11.0 Å². The number of nitrogens with one attached hydrogen (secondary N) is 1. The summed E-state index contributed by atoms with van der Waals surface area (Å²) in [4.78, 5) is 26.2. The largest absolute Gasteiger partial charge is 0.454 e. The minimum atomic E-state index is -0.181. The molecule has 0 spiro atoms. The van der Waals surface area contributed by atoms with Crippen LogP contribution in [0.25, 0.3) is 0 Å². The van der Waals surface area contributed by atoms with Crippen molar-refractivity contribution in [1.29, 1.82) is 0 Å². The molecular formula is C22H33N3O4. The standard InChI is InChI=1S/C22H33N3O4/c1-4-6-7-12-23-22(27)20-11-10-19(29-20)16-24-14-8-9-18(24)15-25(13-5-2)21(26)17-28-3/h8-11,14H,4-7,12-13,15-17H2,1-3H3,(H,23,27). The second-order valence-corrected chi connectivity index (χ2v) is 7.10. The number of hydrogen-bond acceptors (Lipinski definition) is 4. The minimum Gasteiger partial charge on any atom is -0.454 e. The topological polar surface area (TPSA) is 76.7 Å². The molecule has 160 valence electrons. The molecule has 1 N–H and O–H groups in total. The van der Waals surface area contributed by atoms with Crippen LogP contribution in [0.4, 0.5) is 0 Å². The summed E-state index contributed by atoms with van der Waals surface area (Å²) in [5, 5.41) is 2.89. The zero-order valence-electron chi connectivity index (χ0n) is 17.8. The molecule has 0 unspecified atom stereocenters. The molecule has 2 aromatic heterocycles. The molecule has 0 bridgehead atoms. The Bertz CT molecular complexity index is 766. The number of carbonyl (C=O) groups excluding carboxylic acids is 2. The summed E-state index contributed by atoms with van der Waals surface area (Å²) >= 11 is 0. The summed E-state index contributed by atoms with van der Waals surface area (Å²) < 4.78 is 12.8. The van der Waals surface area contributed by atoms with Crippen LogP contribution in [0.1, 0.15) is 61.5 Å². The van der Waals surface area contributed by atoms with Gasteiger partial charge in [0, 0.05) is 32.1 Å². The summed E-state index contributed by atoms with van der Waals surface area (Å²) in [5.41, 5.74) is 1.00. The molecule has 7 heteroatoms. The lowest BCUT2D eigenvalue weighted by Crippen LogP contribution is -2.34. The Labute approximate surface area is 173 Å². The van der Waals surface area contributed by atoms with Gasteiger partial charge in [-0.25, -0.2) is 0 Å². The maximum Gasteiger partial charge on any atom is 0.286 e. The maximum atomic E-state index is 12.3. The normalized spacial score (nSPS) is 10.9. The number of ether oxygens (including phenoxy) is 1. The van der Waals surface area contributed by atoms with Crippen LogP contribution in [-0.2, 0) is 22.6 Å². The third kappa shape index (κ3) is 7.09. The van der Waals surface area contributed by atoms with Crippen molar-refractivity contribution in [3.63, 3.8) is 0 Å². The van der Waals surface area contributed by atoms with E-state index in [4.69, 9.17) is 9.15 Å². The van der Waals surface area contributed by atoms with E-state index >= 15 is 0 Å². The highest BCUT2D eigenvalue weighted by Gasteiger charge is 2.16. The van der Waals surface area contributed by atoms with E-state index in [1.807, 2.05) is 35.9 Å². The molecule has 7 nitrogen and oxygen atoms in total. The molecular weight excluding hydrogens is 370 g/mol. The number of rotatable bonds is 13. The molecule has 0 aromatic carbocycles. The smallest absolute Gasteiger partial charge is 0.286 e. The third-order valence-corrected chi connectivity index (χ3v) is 4.67. The molecule has 0 atom stereocenters. The Morgan fingerprint density at radius 3 is 2.72 bits per heavy atom. The van der Waals surface area contributed by atoms with Crippen LogP contribution < -0.4 is 5.32 Å². The fourth-order valence-corrected chi connectivity index (χ4v) is 3.14. The van der Waals surface area contributed by atoms with Gasteiger partial charge in [-0.1, -0.05) is 26.7 Å². The SMILES string of the molecule is CCCCCNC(=O)c1ccc(Cn2cccc2CN(CCC)C(=O)COC)o1. The molecule has 0 aliphatic rings. The lowest BCUT2D eigenvalue weighted by atomic mass is 10.2. The van der Waals surface area contributed by atoms with E-state index in [2.05, 4.69) is 12.2 Å². The third-order valence-electron chi connectivity index (χ3n) is 4.67. The van der Waals surface area contributed by atoms with Gasteiger partial charge < -0.3 is 23.9 Å². The monoisotopic (exact) mass is 403 g/mol. The van der Waals surface area contributed by atoms with Gasteiger partial charge in [0.2, 0.25) is 5.91 Å². The molecule has 0 fully saturated rings. The van der Waals surface area contributed by atoms with E-state index in [0.717, 1.165) is 31.4 Å². The van der Waals surface area contributed by atoms with Crippen molar-refractivity contribution in [3.8, 4) is 0 Å². The van der Waals surface area contributed by atoms with Gasteiger partial charge >= 0.3 is 0 Å². The van der Waals surface area contributed by atoms with Crippen LogP contribution in [0.3, 0.4) is 0 Å². The van der Waals surface area contributed by atoms with Gasteiger partial charge in [-0.2, -0.15) is 0 Å². The quantitative estimate of drug-likeness (QED) is 0.520. The van der Waals surface area contributed by atoms with E-state index in [1.165, 1.54) is 7.11 Å². The summed E-state index contributed by atoms with van der Waals surface area (Å²) in [5.74, 6) is 0.820. The summed E-state index contributed by atoms with van der Waals surface area (Å²) in [7, 11) is 1.53. The average Bonchev–Trinajstić information content (AvgIpc) is 3.35. The summed E-state index contributed by atoms with van der Waals surface area (Å²) in [6.07, 6.45) is 6.02. The van der Waals surface area contributed by atoms with Gasteiger partial charge in [0.15, 0.2) is 5.76 Å². The van der Waals surface area contributed by atoms with Crippen molar-refractivity contribution in [3.05, 3.63) is 47.7 Å². The number of amides is 2. The second-order valence-electron chi connectivity index (χ2n) is 7.10. The number of nitrogens with zero attached hydrogens (tertiary/aromatic N) is 2. The Morgan fingerprint density at radius 1 is 1.17 bits per heavy atom. The van der Waals surface area contributed by atoms with Gasteiger partial charge in [0.25, 0.3) is 5.91 Å². The summed E-state index contributed by atoms with van der Waals surface area (Å²) in [6, 6.07) is 7.47. The lowest BCUT2D eigenvalue weighted by molar-refractivity contribution is -0.135. The van der Waals surface area contributed by atoms with Crippen molar-refractivity contribution in [1.82, 2.24) is 14.8 Å². The van der Waals surface area contributed by atoms with E-state index < -0.39 is 0 Å². The Morgan fingerprint density at radius 2 is 2.00 bits per heavy atom. The van der Waals surface area contributed by atoms with Gasteiger partial charge in [-0.15, -0.1) is 0 Å². The van der Waals surface area contributed by atoms with Crippen LogP contribution in [-0.4, -0.2) is 48.1 Å². The number of carbonyl (C=O) groups is 2. The van der Waals surface area contributed by atoms with Crippen molar-refractivity contribution in [2.45, 2.75) is 52.6 Å². The highest BCUT2D eigenvalue weighted by Crippen LogP contribution is 2.14. The Hall–Kier alpha value is -2.54. The average molecular weight is 404 g/mol. The van der Waals surface area contributed by atoms with Crippen LogP contribution >= 0.6 is 0 Å². The molecule has 2 aromatic rings. The molecule has 2 rings (SSSR count). The number of aromatic nitrogens is 1. The zero-order valence-corrected chi connectivity index (χ0v) is 17.8. The van der Waals surface area contributed by atoms with Gasteiger partial charge in [-0.05, 0) is 37.1 Å². The van der Waals surface area contributed by atoms with Crippen molar-refractivity contribution in [2.75, 3.05) is 26.8 Å². The Balaban J connectivity index is 1.98. The highest BCUT2D eigenvalue weighted by atomic mass is 16.5. The minimum absolute atomic E-state index is 0.0258. The van der Waals surface area contributed by atoms with Crippen LogP contribution in [0.5, 0.6) is 0 Å². The fourth-order valence-electron chi connectivity index (χ4n) is 3.14. The van der Waals surface area contributed by atoms with E-state index in [0.29, 0.717) is 37.7 Å². The van der Waals surface area contributed by atoms with E-state index in [9.17, 15) is 9.59 Å². The highest BCUT2D eigenvalue weighted by molar-refractivity contribution is 5.91. The second kappa shape index (κ2) is 12.1. The Kier molecular flexibility index (Phi) is 9.50. The first-order valence-corrected chi connectivity index (χ1v) is 10.4. The van der Waals surface area contributed by atoms with Gasteiger partial charge in [-0.3, -0.25) is 9.59 Å². The van der Waals surface area contributed by atoms with Crippen LogP contribution in [0.2, 0.25) is 0 Å². The number of methoxy groups -OCH3 is 1. The molecule has 0 saturated carbocycles. The first-order valence-electron chi connectivity index (χ1n) is 10.4. The molecule has 0 aliphatic carbocycles. The number of furan rings is 1. The van der Waals surface area contributed by atoms with Crippen LogP contribution in [0.15, 0.2) is 34.9 Å². The molecule has 29 heavy (non-hydrogen) atoms. The number of unbranched alkanes of at least 4 members (excludes halogenated alkanes) is 2. The predicted molar refractivity (Wildman–Crippen MR) is 112 cm³/mol. The van der Waals surface area contributed by atoms with Crippen molar-refractivity contribution >= 4 is 11.8 Å². The molecule has 2 amide bonds. The first-order chi connectivity index (χ1) is 14.1. The lowest BCUT2D eigenvalue weighted by Gasteiger charge is -2.22. The fraction of sp³-hybridized carbons (Fsp3) is 0.545. The van der Waals surface area contributed by atoms with Gasteiger partial charge in [0.05, 0.1) is 13.1 Å². The zero-order chi connectivity index (χ0) is 21.1. The molecule has 2 heterocycles. The first kappa shape index (κ1) is 22.7. The van der Waals surface area contributed by atoms with Gasteiger partial charge in [0.1, 0.15) is 12.4 Å². The molecule has 0 radical (unpaired) electrons. The van der Waals surface area contributed by atoms with Crippen molar-refractivity contribution < 1.29 is 18.7 Å². The predicted octanol–water partition coefficient (Wildman–Crippen LogP) is 3.43. The molecule has 0 saturated heterocycles. The molecule has 0 aliphatic heterocycles. The summed E-state index contributed by atoms with van der Waals surface area (Å²) in [6.45, 7) is 6.60. The number of hydrogen-bond donors (Lipinski definition) is 1. The maximum absolute atomic E-state index is 12.3.